The number of rotatable bonds is 5. The van der Waals surface area contributed by atoms with Crippen molar-refractivity contribution in [2.45, 2.75) is 58.3 Å². The third-order valence-corrected chi connectivity index (χ3v) is 4.37. The highest BCUT2D eigenvalue weighted by atomic mass is 16.7. The molecule has 1 aliphatic rings. The van der Waals surface area contributed by atoms with E-state index in [0.717, 1.165) is 0 Å². The van der Waals surface area contributed by atoms with Crippen molar-refractivity contribution in [3.63, 3.8) is 0 Å². The van der Waals surface area contributed by atoms with Crippen LogP contribution in [0.15, 0.2) is 0 Å². The van der Waals surface area contributed by atoms with Crippen LogP contribution in [0.1, 0.15) is 46.5 Å². The van der Waals surface area contributed by atoms with E-state index in [1.807, 2.05) is 20.8 Å². The van der Waals surface area contributed by atoms with Gasteiger partial charge in [0.2, 0.25) is 0 Å². The lowest BCUT2D eigenvalue weighted by Crippen LogP contribution is -2.40. The summed E-state index contributed by atoms with van der Waals surface area (Å²) in [4.78, 5) is 11.7. The van der Waals surface area contributed by atoms with Crippen LogP contribution in [0.3, 0.4) is 0 Å². The number of aliphatic carboxylic acids is 1. The Morgan fingerprint density at radius 2 is 1.79 bits per heavy atom. The molecular weight excluding hydrogens is 248 g/mol. The Balaban J connectivity index is 2.93. The minimum absolute atomic E-state index is 0.223. The summed E-state index contributed by atoms with van der Waals surface area (Å²) in [5.74, 6) is -1.72. The molecule has 1 rings (SSSR count). The summed E-state index contributed by atoms with van der Waals surface area (Å²) in [5, 5.41) is 19.8. The first-order valence-corrected chi connectivity index (χ1v) is 6.63. The van der Waals surface area contributed by atoms with Crippen molar-refractivity contribution >= 4 is 5.97 Å². The number of aliphatic hydroxyl groups is 1. The van der Waals surface area contributed by atoms with E-state index in [2.05, 4.69) is 0 Å². The molecular formula is C14H26O5. The molecule has 0 aliphatic heterocycles. The fourth-order valence-corrected chi connectivity index (χ4v) is 2.67. The molecule has 0 saturated heterocycles. The van der Waals surface area contributed by atoms with Crippen LogP contribution in [0.5, 0.6) is 0 Å². The molecule has 0 aromatic rings. The van der Waals surface area contributed by atoms with Crippen molar-refractivity contribution in [2.24, 2.45) is 10.8 Å². The van der Waals surface area contributed by atoms with E-state index in [0.29, 0.717) is 12.8 Å². The summed E-state index contributed by atoms with van der Waals surface area (Å²) in [6.45, 7) is 5.71. The first kappa shape index (κ1) is 16.4. The number of carboxylic acids is 1. The largest absolute Gasteiger partial charge is 0.481 e. The third-order valence-electron chi connectivity index (χ3n) is 4.37. The normalized spacial score (nSPS) is 28.3. The van der Waals surface area contributed by atoms with Gasteiger partial charge in [0, 0.05) is 27.1 Å². The maximum atomic E-state index is 11.7. The van der Waals surface area contributed by atoms with Crippen molar-refractivity contribution in [1.29, 1.82) is 0 Å². The van der Waals surface area contributed by atoms with Crippen LogP contribution >= 0.6 is 0 Å². The molecule has 0 radical (unpaired) electrons. The molecule has 5 nitrogen and oxygen atoms in total. The molecule has 2 atom stereocenters. The Bertz CT molecular complexity index is 329. The lowest BCUT2D eigenvalue weighted by atomic mass is 9.74. The number of ether oxygens (including phenoxy) is 2. The van der Waals surface area contributed by atoms with E-state index in [9.17, 15) is 15.0 Å². The standard InChI is InChI=1S/C14H26O5/c1-12(2,3)10(15)8-13(11(16)17)6-7-14(9-13,18-4)19-5/h10,15H,6-9H2,1-5H3,(H,16,17). The Morgan fingerprint density at radius 3 is 2.11 bits per heavy atom. The minimum Gasteiger partial charge on any atom is -0.481 e. The fourth-order valence-electron chi connectivity index (χ4n) is 2.67. The Labute approximate surface area is 114 Å². The van der Waals surface area contributed by atoms with E-state index < -0.39 is 23.3 Å². The highest BCUT2D eigenvalue weighted by Crippen LogP contribution is 2.50. The van der Waals surface area contributed by atoms with Crippen LogP contribution in [-0.2, 0) is 14.3 Å². The SMILES string of the molecule is COC1(OC)CCC(CC(O)C(C)(C)C)(C(=O)O)C1. The van der Waals surface area contributed by atoms with Gasteiger partial charge in [-0.25, -0.2) is 0 Å². The van der Waals surface area contributed by atoms with Crippen LogP contribution in [0, 0.1) is 10.8 Å². The van der Waals surface area contributed by atoms with Crippen molar-refractivity contribution in [3.05, 3.63) is 0 Å². The van der Waals surface area contributed by atoms with Crippen molar-refractivity contribution < 1.29 is 24.5 Å². The quantitative estimate of drug-likeness (QED) is 0.750. The lowest BCUT2D eigenvalue weighted by molar-refractivity contribution is -0.209. The van der Waals surface area contributed by atoms with Gasteiger partial charge in [0.05, 0.1) is 11.5 Å². The van der Waals surface area contributed by atoms with E-state index >= 15 is 0 Å². The number of methoxy groups -OCH3 is 2. The molecule has 1 fully saturated rings. The molecule has 0 bridgehead atoms. The zero-order chi connectivity index (χ0) is 14.9. The van der Waals surface area contributed by atoms with Crippen LogP contribution in [0.25, 0.3) is 0 Å². The molecule has 2 N–H and O–H groups in total. The molecule has 5 heteroatoms. The summed E-state index contributed by atoms with van der Waals surface area (Å²) < 4.78 is 10.7. The van der Waals surface area contributed by atoms with Crippen molar-refractivity contribution in [3.8, 4) is 0 Å². The smallest absolute Gasteiger partial charge is 0.309 e. The molecule has 0 aromatic heterocycles. The Morgan fingerprint density at radius 1 is 1.26 bits per heavy atom. The van der Waals surface area contributed by atoms with Gasteiger partial charge < -0.3 is 19.7 Å². The molecule has 112 valence electrons. The second-order valence-corrected chi connectivity index (χ2v) is 6.67. The highest BCUT2D eigenvalue weighted by Gasteiger charge is 2.55. The summed E-state index contributed by atoms with van der Waals surface area (Å²) >= 11 is 0. The number of hydrogen-bond donors (Lipinski definition) is 2. The fraction of sp³-hybridized carbons (Fsp3) is 0.929. The third kappa shape index (κ3) is 3.27. The first-order valence-electron chi connectivity index (χ1n) is 6.63. The van der Waals surface area contributed by atoms with E-state index in [1.165, 1.54) is 14.2 Å². The number of carbonyl (C=O) groups is 1. The molecule has 0 amide bonds. The maximum Gasteiger partial charge on any atom is 0.309 e. The van der Waals surface area contributed by atoms with Gasteiger partial charge in [-0.2, -0.15) is 0 Å². The Hall–Kier alpha value is -0.650. The maximum absolute atomic E-state index is 11.7. The summed E-state index contributed by atoms with van der Waals surface area (Å²) in [7, 11) is 3.06. The Kier molecular flexibility index (Phi) is 4.65. The molecule has 1 aliphatic carbocycles. The van der Waals surface area contributed by atoms with Crippen molar-refractivity contribution in [2.75, 3.05) is 14.2 Å². The van der Waals surface area contributed by atoms with Gasteiger partial charge >= 0.3 is 5.97 Å². The van der Waals surface area contributed by atoms with Gasteiger partial charge in [-0.3, -0.25) is 4.79 Å². The summed E-state index contributed by atoms with van der Waals surface area (Å²) in [5.41, 5.74) is -1.31. The summed E-state index contributed by atoms with van der Waals surface area (Å²) in [6.07, 6.45) is 0.809. The second kappa shape index (κ2) is 5.38. The average Bonchev–Trinajstić information content (AvgIpc) is 2.69. The monoisotopic (exact) mass is 274 g/mol. The van der Waals surface area contributed by atoms with Gasteiger partial charge in [-0.1, -0.05) is 20.8 Å². The molecule has 0 spiro atoms. The van der Waals surface area contributed by atoms with Crippen LogP contribution in [-0.4, -0.2) is 42.3 Å². The van der Waals surface area contributed by atoms with Gasteiger partial charge in [0.15, 0.2) is 5.79 Å². The van der Waals surface area contributed by atoms with Gasteiger partial charge in [0.25, 0.3) is 0 Å². The zero-order valence-electron chi connectivity index (χ0n) is 12.5. The number of aliphatic hydroxyl groups excluding tert-OH is 1. The first-order chi connectivity index (χ1) is 8.61. The molecule has 0 heterocycles. The van der Waals surface area contributed by atoms with Crippen LogP contribution in [0.2, 0.25) is 0 Å². The predicted octanol–water partition coefficient (Wildman–Crippen LogP) is 2.03. The van der Waals surface area contributed by atoms with Crippen molar-refractivity contribution in [1.82, 2.24) is 0 Å². The molecule has 0 aromatic carbocycles. The second-order valence-electron chi connectivity index (χ2n) is 6.67. The van der Waals surface area contributed by atoms with Crippen LogP contribution < -0.4 is 0 Å². The van der Waals surface area contributed by atoms with E-state index in [4.69, 9.17) is 9.47 Å². The van der Waals surface area contributed by atoms with Gasteiger partial charge in [0.1, 0.15) is 0 Å². The zero-order valence-corrected chi connectivity index (χ0v) is 12.5. The van der Waals surface area contributed by atoms with E-state index in [-0.39, 0.29) is 18.3 Å². The number of carboxylic acid groups (broad SMARTS) is 1. The molecule has 19 heavy (non-hydrogen) atoms. The van der Waals surface area contributed by atoms with Gasteiger partial charge in [-0.05, 0) is 18.3 Å². The van der Waals surface area contributed by atoms with Crippen LogP contribution in [0.4, 0.5) is 0 Å². The lowest BCUT2D eigenvalue weighted by Gasteiger charge is -2.34. The van der Waals surface area contributed by atoms with E-state index in [1.54, 1.807) is 0 Å². The molecule has 2 unspecified atom stereocenters. The van der Waals surface area contributed by atoms with Gasteiger partial charge in [-0.15, -0.1) is 0 Å². The minimum atomic E-state index is -0.973. The highest BCUT2D eigenvalue weighted by molar-refractivity contribution is 5.75. The number of hydrogen-bond acceptors (Lipinski definition) is 4. The average molecular weight is 274 g/mol. The topological polar surface area (TPSA) is 76.0 Å². The predicted molar refractivity (Wildman–Crippen MR) is 70.7 cm³/mol. The summed E-state index contributed by atoms with van der Waals surface area (Å²) in [6, 6.07) is 0. The molecule has 1 saturated carbocycles.